The number of cyclic esters (lactones) is 1. The van der Waals surface area contributed by atoms with Crippen molar-refractivity contribution in [2.45, 2.75) is 91.6 Å². The number of aromatic nitrogens is 2. The molecule has 2 aromatic carbocycles. The van der Waals surface area contributed by atoms with Crippen LogP contribution in [0, 0.1) is 11.3 Å². The van der Waals surface area contributed by atoms with Crippen LogP contribution in [-0.2, 0) is 54.6 Å². The lowest BCUT2D eigenvalue weighted by Crippen LogP contribution is -2.62. The second kappa shape index (κ2) is 18.9. The molecule has 15 nitrogen and oxygen atoms in total. The number of phenolic OH excluding ortho intramolecular Hbond substituents is 1. The third-order valence-electron chi connectivity index (χ3n) is 12.2. The van der Waals surface area contributed by atoms with Gasteiger partial charge in [0, 0.05) is 81.0 Å². The van der Waals surface area contributed by atoms with Crippen LogP contribution in [0.2, 0.25) is 0 Å². The molecule has 7 rings (SSSR count). The van der Waals surface area contributed by atoms with E-state index in [0.717, 1.165) is 44.4 Å². The molecule has 3 N–H and O–H groups in total. The van der Waals surface area contributed by atoms with Gasteiger partial charge in [-0.15, -0.1) is 0 Å². The monoisotopic (exact) mass is 851 g/mol. The second-order valence-corrected chi connectivity index (χ2v) is 17.9. The van der Waals surface area contributed by atoms with E-state index in [-0.39, 0.29) is 30.7 Å². The first-order valence-corrected chi connectivity index (χ1v) is 21.7. The van der Waals surface area contributed by atoms with Crippen molar-refractivity contribution in [3.8, 4) is 28.1 Å². The number of esters is 1. The Balaban J connectivity index is 1.33. The molecule has 0 saturated carbocycles. The summed E-state index contributed by atoms with van der Waals surface area (Å²) < 4.78 is 19.4. The van der Waals surface area contributed by atoms with Crippen molar-refractivity contribution in [1.29, 1.82) is 0 Å². The highest BCUT2D eigenvalue weighted by Crippen LogP contribution is 2.41. The van der Waals surface area contributed by atoms with Crippen molar-refractivity contribution in [2.75, 3.05) is 53.6 Å². The summed E-state index contributed by atoms with van der Waals surface area (Å²) >= 11 is 0. The van der Waals surface area contributed by atoms with E-state index >= 15 is 0 Å². The van der Waals surface area contributed by atoms with Crippen molar-refractivity contribution in [1.82, 2.24) is 35.1 Å². The number of nitrogens with one attached hydrogen (secondary N) is 2. The number of fused-ring (bicyclic) bond motifs is 6. The van der Waals surface area contributed by atoms with E-state index in [0.29, 0.717) is 70.8 Å². The second-order valence-electron chi connectivity index (χ2n) is 17.9. The van der Waals surface area contributed by atoms with Gasteiger partial charge in [0.05, 0.1) is 32.1 Å². The quantitative estimate of drug-likeness (QED) is 0.198. The van der Waals surface area contributed by atoms with Crippen LogP contribution < -0.4 is 10.7 Å². The Morgan fingerprint density at radius 3 is 2.58 bits per heavy atom. The highest BCUT2D eigenvalue weighted by atomic mass is 16.5. The number of amides is 4. The summed E-state index contributed by atoms with van der Waals surface area (Å²) in [4.78, 5) is 64.1. The molecular weight excluding hydrogens is 791 g/mol. The normalized spacial score (nSPS) is 20.1. The molecule has 3 atom stereocenters. The molecule has 2 fully saturated rings. The van der Waals surface area contributed by atoms with Gasteiger partial charge >= 0.3 is 12.0 Å². The average Bonchev–Trinajstić information content (AvgIpc) is 3.56. The smallest absolute Gasteiger partial charge is 0.324 e. The zero-order chi connectivity index (χ0) is 44.3. The Kier molecular flexibility index (Phi) is 13.5. The standard InChI is InChI=1S/C47H61N7O8/c1-8-53-40-12-11-31-24-35(40)36(42(53)37-26-48-14-13-32(37)27-60-7)25-47(4,5)28-62-45(58)38-10-9-15-54(50-38)44(57)39(22-30-20-33(31)23-34(55)21-30)49-43(56)41(29(2)3)51(6)46(59)52-16-18-61-19-17-52/h11-14,20-21,23-24,26,29,38-39,41,50,55H,8-10,15-19,22,25,27-28H2,1-7H3,(H,49,56)/t38-,39-,41?/m0/s1. The summed E-state index contributed by atoms with van der Waals surface area (Å²) in [6.07, 6.45) is 5.22. The number of rotatable bonds is 8. The molecule has 5 heterocycles. The number of ether oxygens (including phenoxy) is 3. The number of phenols is 1. The molecule has 0 spiro atoms. The highest BCUT2D eigenvalue weighted by Gasteiger charge is 2.38. The van der Waals surface area contributed by atoms with Crippen molar-refractivity contribution >= 4 is 34.7 Å². The molecule has 0 aliphatic carbocycles. The molecule has 2 aromatic heterocycles. The third-order valence-corrected chi connectivity index (χ3v) is 12.2. The van der Waals surface area contributed by atoms with Gasteiger partial charge in [-0.05, 0) is 90.3 Å². The number of aryl methyl sites for hydroxylation is 1. The predicted molar refractivity (Wildman–Crippen MR) is 235 cm³/mol. The minimum Gasteiger partial charge on any atom is -0.508 e. The number of urea groups is 1. The van der Waals surface area contributed by atoms with Crippen molar-refractivity contribution < 1.29 is 38.5 Å². The van der Waals surface area contributed by atoms with Gasteiger partial charge in [-0.3, -0.25) is 24.4 Å². The summed E-state index contributed by atoms with van der Waals surface area (Å²) in [5.41, 5.74) is 9.86. The number of carbonyl (C=O) groups excluding carboxylic acids is 4. The highest BCUT2D eigenvalue weighted by molar-refractivity contribution is 5.96. The number of morpholine rings is 1. The Morgan fingerprint density at radius 1 is 1.08 bits per heavy atom. The summed E-state index contributed by atoms with van der Waals surface area (Å²) in [7, 11) is 3.28. The molecule has 1 unspecified atom stereocenters. The Morgan fingerprint density at radius 2 is 1.85 bits per heavy atom. The molecule has 332 valence electrons. The largest absolute Gasteiger partial charge is 0.508 e. The first-order valence-electron chi connectivity index (χ1n) is 21.7. The third kappa shape index (κ3) is 9.44. The molecular formula is C47H61N7O8. The fraction of sp³-hybridized carbons (Fsp3) is 0.511. The van der Waals surface area contributed by atoms with Gasteiger partial charge in [-0.2, -0.15) is 0 Å². The van der Waals surface area contributed by atoms with E-state index in [1.54, 1.807) is 37.4 Å². The van der Waals surface area contributed by atoms with Gasteiger partial charge in [0.15, 0.2) is 0 Å². The zero-order valence-electron chi connectivity index (χ0n) is 37.0. The number of carbonyl (C=O) groups is 4. The Hall–Kier alpha value is -5.51. The van der Waals surface area contributed by atoms with Crippen LogP contribution in [0.3, 0.4) is 0 Å². The molecule has 3 aliphatic heterocycles. The first kappa shape index (κ1) is 44.5. The lowest BCUT2D eigenvalue weighted by molar-refractivity contribution is -0.155. The summed E-state index contributed by atoms with van der Waals surface area (Å²) in [6, 6.07) is 10.4. The Labute approximate surface area is 363 Å². The fourth-order valence-electron chi connectivity index (χ4n) is 9.21. The van der Waals surface area contributed by atoms with Gasteiger partial charge in [-0.1, -0.05) is 39.8 Å². The van der Waals surface area contributed by atoms with E-state index in [1.807, 2.05) is 38.2 Å². The molecule has 3 aliphatic rings. The van der Waals surface area contributed by atoms with Crippen LogP contribution in [0.25, 0.3) is 33.3 Å². The summed E-state index contributed by atoms with van der Waals surface area (Å²) in [5, 5.41) is 16.7. The lowest BCUT2D eigenvalue weighted by atomic mass is 9.84. The predicted octanol–water partition coefficient (Wildman–Crippen LogP) is 5.30. The number of likely N-dealkylation sites (N-methyl/N-ethyl adjacent to an activating group) is 1. The number of aromatic hydroxyl groups is 1. The van der Waals surface area contributed by atoms with Gasteiger partial charge < -0.3 is 39.0 Å². The molecule has 4 amide bonds. The van der Waals surface area contributed by atoms with E-state index in [2.05, 4.69) is 53.2 Å². The number of hydrazine groups is 1. The number of pyridine rings is 1. The van der Waals surface area contributed by atoms with Crippen molar-refractivity contribution in [3.63, 3.8) is 0 Å². The van der Waals surface area contributed by atoms with Gasteiger partial charge in [0.1, 0.15) is 23.9 Å². The molecule has 2 saturated heterocycles. The van der Waals surface area contributed by atoms with Crippen LogP contribution in [-0.4, -0.2) is 125 Å². The van der Waals surface area contributed by atoms with Crippen LogP contribution in [0.1, 0.15) is 64.2 Å². The van der Waals surface area contributed by atoms with Gasteiger partial charge in [0.25, 0.3) is 5.91 Å². The summed E-state index contributed by atoms with van der Waals surface area (Å²) in [6.45, 7) is 13.2. The number of methoxy groups -OCH3 is 1. The molecule has 15 heteroatoms. The van der Waals surface area contributed by atoms with E-state index in [4.69, 9.17) is 14.2 Å². The minimum atomic E-state index is -1.12. The molecule has 62 heavy (non-hydrogen) atoms. The number of nitrogens with zero attached hydrogens (tertiary/aromatic N) is 5. The molecule has 4 aromatic rings. The maximum absolute atomic E-state index is 14.6. The topological polar surface area (TPSA) is 168 Å². The van der Waals surface area contributed by atoms with Crippen LogP contribution >= 0.6 is 0 Å². The minimum absolute atomic E-state index is 0.00655. The van der Waals surface area contributed by atoms with E-state index in [9.17, 15) is 24.3 Å². The fourth-order valence-corrected chi connectivity index (χ4v) is 9.21. The van der Waals surface area contributed by atoms with Crippen molar-refractivity contribution in [3.05, 3.63) is 71.5 Å². The maximum atomic E-state index is 14.6. The molecule has 6 bridgehead atoms. The SMILES string of the molecule is CCn1c(-c2cnccc2COC)c2c3cc(ccc31)-c1cc(O)cc(c1)C[C@H](NC(=O)C(C(C)C)N(C)C(=O)N1CCOCC1)C(=O)N1CCC[C@H](N1)C(=O)OCC(C)(C)C2. The lowest BCUT2D eigenvalue weighted by Gasteiger charge is -2.38. The first-order chi connectivity index (χ1) is 29.7. The summed E-state index contributed by atoms with van der Waals surface area (Å²) in [5.74, 6) is -1.69. The molecule has 0 radical (unpaired) electrons. The number of hydrogen-bond donors (Lipinski definition) is 3. The van der Waals surface area contributed by atoms with Crippen molar-refractivity contribution in [2.24, 2.45) is 11.3 Å². The maximum Gasteiger partial charge on any atom is 0.324 e. The zero-order valence-corrected chi connectivity index (χ0v) is 37.0. The Bertz CT molecular complexity index is 2300. The van der Waals surface area contributed by atoms with Gasteiger partial charge in [-0.25, -0.2) is 10.2 Å². The average molecular weight is 852 g/mol. The number of benzene rings is 2. The van der Waals surface area contributed by atoms with Crippen LogP contribution in [0.5, 0.6) is 5.75 Å². The van der Waals surface area contributed by atoms with Crippen LogP contribution in [0.4, 0.5) is 4.79 Å². The van der Waals surface area contributed by atoms with Gasteiger partial charge in [0.2, 0.25) is 5.91 Å². The number of hydrogen-bond acceptors (Lipinski definition) is 10. The van der Waals surface area contributed by atoms with E-state index in [1.165, 1.54) is 9.91 Å². The van der Waals surface area contributed by atoms with Crippen LogP contribution in [0.15, 0.2) is 54.9 Å². The van der Waals surface area contributed by atoms with E-state index < -0.39 is 41.3 Å².